The first-order valence-corrected chi connectivity index (χ1v) is 8.97. The lowest BCUT2D eigenvalue weighted by Crippen LogP contribution is -2.09. The number of hydrogen-bond acceptors (Lipinski definition) is 6. The number of fused-ring (bicyclic) bond motifs is 1. The van der Waals surface area contributed by atoms with Crippen LogP contribution in [0.25, 0.3) is 5.76 Å². The minimum Gasteiger partial charge on any atom is -0.496 e. The maximum atomic E-state index is 6.21. The zero-order chi connectivity index (χ0) is 19.6. The minimum atomic E-state index is 0.528. The van der Waals surface area contributed by atoms with E-state index in [9.17, 15) is 0 Å². The summed E-state index contributed by atoms with van der Waals surface area (Å²) in [5, 5.41) is 0. The molecule has 1 heterocycles. The van der Waals surface area contributed by atoms with E-state index in [2.05, 4.69) is 15.9 Å². The van der Waals surface area contributed by atoms with E-state index in [4.69, 9.17) is 28.4 Å². The highest BCUT2D eigenvalue weighted by Gasteiger charge is 2.26. The van der Waals surface area contributed by atoms with E-state index < -0.39 is 0 Å². The second-order valence-electron chi connectivity index (χ2n) is 5.73. The number of allylic oxidation sites excluding steroid dienone is 1. The van der Waals surface area contributed by atoms with E-state index in [0.717, 1.165) is 15.6 Å². The zero-order valence-corrected chi connectivity index (χ0v) is 17.4. The molecule has 0 saturated heterocycles. The molecule has 0 radical (unpaired) electrons. The summed E-state index contributed by atoms with van der Waals surface area (Å²) in [6.45, 7) is 0. The summed E-state index contributed by atoms with van der Waals surface area (Å²) in [4.78, 5) is 0. The average Bonchev–Trinajstić information content (AvgIpc) is 2.71. The van der Waals surface area contributed by atoms with Crippen molar-refractivity contribution in [2.24, 2.45) is 0 Å². The largest absolute Gasteiger partial charge is 0.496 e. The summed E-state index contributed by atoms with van der Waals surface area (Å²) in [5.74, 6) is 4.35. The predicted octanol–water partition coefficient (Wildman–Crippen LogP) is 4.43. The molecule has 0 aliphatic carbocycles. The highest BCUT2D eigenvalue weighted by molar-refractivity contribution is 9.11. The standard InChI is InChI=1S/C20H21BrO6/c1-22-12-8-15(23-2)13-10-14(21)19(27-16(13)9-12)11-6-17(24-3)20(26-5)18(7-11)25-4/h6-9H,10H2,1-5H3. The highest BCUT2D eigenvalue weighted by atomic mass is 79.9. The Labute approximate surface area is 166 Å². The Morgan fingerprint density at radius 1 is 0.778 bits per heavy atom. The molecule has 0 fully saturated rings. The molecule has 7 heteroatoms. The molecule has 2 aromatic carbocycles. The van der Waals surface area contributed by atoms with Gasteiger partial charge in [0.2, 0.25) is 5.75 Å². The van der Waals surface area contributed by atoms with Crippen LogP contribution >= 0.6 is 15.9 Å². The molecule has 0 bridgehead atoms. The number of hydrogen-bond donors (Lipinski definition) is 0. The first-order valence-electron chi connectivity index (χ1n) is 8.18. The summed E-state index contributed by atoms with van der Waals surface area (Å²) >= 11 is 3.64. The molecule has 0 amide bonds. The molecule has 0 spiro atoms. The molecule has 3 rings (SSSR count). The zero-order valence-electron chi connectivity index (χ0n) is 15.8. The molecule has 1 aliphatic heterocycles. The number of benzene rings is 2. The summed E-state index contributed by atoms with van der Waals surface area (Å²) in [5.41, 5.74) is 1.74. The van der Waals surface area contributed by atoms with Gasteiger partial charge in [-0.15, -0.1) is 0 Å². The van der Waals surface area contributed by atoms with Gasteiger partial charge in [-0.3, -0.25) is 0 Å². The Bertz CT molecular complexity index is 865. The van der Waals surface area contributed by atoms with Crippen LogP contribution in [0.1, 0.15) is 11.1 Å². The molecular formula is C20H21BrO6. The Morgan fingerprint density at radius 3 is 1.93 bits per heavy atom. The van der Waals surface area contributed by atoms with E-state index in [1.54, 1.807) is 35.5 Å². The Kier molecular flexibility index (Phi) is 5.70. The van der Waals surface area contributed by atoms with Crippen molar-refractivity contribution in [2.45, 2.75) is 6.42 Å². The third-order valence-corrected chi connectivity index (χ3v) is 4.95. The Morgan fingerprint density at radius 2 is 1.41 bits per heavy atom. The second kappa shape index (κ2) is 8.00. The lowest BCUT2D eigenvalue weighted by atomic mass is 10.0. The normalized spacial score (nSPS) is 12.8. The monoisotopic (exact) mass is 436 g/mol. The van der Waals surface area contributed by atoms with E-state index in [1.165, 1.54) is 0 Å². The van der Waals surface area contributed by atoms with Gasteiger partial charge in [-0.05, 0) is 12.1 Å². The van der Waals surface area contributed by atoms with Gasteiger partial charge in [0, 0.05) is 34.2 Å². The third-order valence-electron chi connectivity index (χ3n) is 4.31. The number of rotatable bonds is 6. The van der Waals surface area contributed by atoms with Crippen molar-refractivity contribution in [3.8, 4) is 34.5 Å². The van der Waals surface area contributed by atoms with Crippen molar-refractivity contribution in [1.29, 1.82) is 0 Å². The molecule has 144 valence electrons. The second-order valence-corrected chi connectivity index (χ2v) is 6.69. The lowest BCUT2D eigenvalue weighted by Gasteiger charge is -2.24. The van der Waals surface area contributed by atoms with Crippen LogP contribution in [0.5, 0.6) is 34.5 Å². The smallest absolute Gasteiger partial charge is 0.203 e. The van der Waals surface area contributed by atoms with Crippen molar-refractivity contribution < 1.29 is 28.4 Å². The summed E-state index contributed by atoms with van der Waals surface area (Å²) in [6.07, 6.45) is 0.620. The molecule has 1 aliphatic rings. The van der Waals surface area contributed by atoms with E-state index in [0.29, 0.717) is 46.7 Å². The number of methoxy groups -OCH3 is 5. The minimum absolute atomic E-state index is 0.528. The summed E-state index contributed by atoms with van der Waals surface area (Å²) in [6, 6.07) is 7.38. The van der Waals surface area contributed by atoms with Gasteiger partial charge in [0.05, 0.1) is 35.5 Å². The molecule has 0 aromatic heterocycles. The fourth-order valence-electron chi connectivity index (χ4n) is 2.99. The van der Waals surface area contributed by atoms with Gasteiger partial charge >= 0.3 is 0 Å². The molecule has 2 aromatic rings. The van der Waals surface area contributed by atoms with Crippen LogP contribution in [-0.4, -0.2) is 35.5 Å². The van der Waals surface area contributed by atoms with Crippen molar-refractivity contribution in [1.82, 2.24) is 0 Å². The Hall–Kier alpha value is -2.54. The average molecular weight is 437 g/mol. The lowest BCUT2D eigenvalue weighted by molar-refractivity contribution is 0.324. The SMILES string of the molecule is COc1cc(OC)c2c(c1)OC(c1cc(OC)c(OC)c(OC)c1)=C(Br)C2. The summed E-state index contributed by atoms with van der Waals surface area (Å²) < 4.78 is 34.2. The van der Waals surface area contributed by atoms with Crippen molar-refractivity contribution >= 4 is 21.7 Å². The molecule has 27 heavy (non-hydrogen) atoms. The van der Waals surface area contributed by atoms with Crippen LogP contribution in [0.2, 0.25) is 0 Å². The van der Waals surface area contributed by atoms with Crippen LogP contribution in [0.3, 0.4) is 0 Å². The van der Waals surface area contributed by atoms with Crippen molar-refractivity contribution in [2.75, 3.05) is 35.5 Å². The van der Waals surface area contributed by atoms with Gasteiger partial charge in [0.25, 0.3) is 0 Å². The van der Waals surface area contributed by atoms with Gasteiger partial charge in [-0.1, -0.05) is 15.9 Å². The van der Waals surface area contributed by atoms with Crippen molar-refractivity contribution in [3.05, 3.63) is 39.9 Å². The quantitative estimate of drug-likeness (QED) is 0.667. The first-order chi connectivity index (χ1) is 13.1. The molecule has 0 saturated carbocycles. The van der Waals surface area contributed by atoms with Crippen LogP contribution < -0.4 is 28.4 Å². The first kappa shape index (κ1) is 19.2. The maximum Gasteiger partial charge on any atom is 0.203 e. The van der Waals surface area contributed by atoms with Crippen LogP contribution in [-0.2, 0) is 6.42 Å². The predicted molar refractivity (Wildman–Crippen MR) is 106 cm³/mol. The third kappa shape index (κ3) is 3.51. The van der Waals surface area contributed by atoms with E-state index in [1.807, 2.05) is 24.3 Å². The van der Waals surface area contributed by atoms with Gasteiger partial charge in [0.1, 0.15) is 23.0 Å². The van der Waals surface area contributed by atoms with E-state index in [-0.39, 0.29) is 0 Å². The van der Waals surface area contributed by atoms with Crippen LogP contribution in [0.4, 0.5) is 0 Å². The highest BCUT2D eigenvalue weighted by Crippen LogP contribution is 2.46. The van der Waals surface area contributed by atoms with Gasteiger partial charge in [-0.25, -0.2) is 0 Å². The number of halogens is 1. The number of ether oxygens (including phenoxy) is 6. The molecule has 6 nitrogen and oxygen atoms in total. The van der Waals surface area contributed by atoms with Crippen LogP contribution in [0.15, 0.2) is 28.7 Å². The molecule has 0 N–H and O–H groups in total. The summed E-state index contributed by atoms with van der Waals surface area (Å²) in [7, 11) is 7.97. The fraction of sp³-hybridized carbons (Fsp3) is 0.300. The molecule has 0 unspecified atom stereocenters. The van der Waals surface area contributed by atoms with Crippen molar-refractivity contribution in [3.63, 3.8) is 0 Å². The van der Waals surface area contributed by atoms with Crippen LogP contribution in [0, 0.1) is 0 Å². The fourth-order valence-corrected chi connectivity index (χ4v) is 3.58. The Balaban J connectivity index is 2.10. The maximum absolute atomic E-state index is 6.21. The molecule has 0 atom stereocenters. The van der Waals surface area contributed by atoms with Gasteiger partial charge in [-0.2, -0.15) is 0 Å². The van der Waals surface area contributed by atoms with Gasteiger partial charge in [0.15, 0.2) is 11.5 Å². The van der Waals surface area contributed by atoms with Gasteiger partial charge < -0.3 is 28.4 Å². The molecular weight excluding hydrogens is 416 g/mol. The topological polar surface area (TPSA) is 55.4 Å². The van der Waals surface area contributed by atoms with E-state index >= 15 is 0 Å².